The molecule has 0 aliphatic rings. The van der Waals surface area contributed by atoms with E-state index in [9.17, 15) is 9.59 Å². The van der Waals surface area contributed by atoms with Crippen molar-refractivity contribution in [2.75, 3.05) is 6.61 Å². The Morgan fingerprint density at radius 1 is 1.06 bits per heavy atom. The van der Waals surface area contributed by atoms with Crippen molar-refractivity contribution in [1.29, 1.82) is 0 Å². The lowest BCUT2D eigenvalue weighted by Crippen LogP contribution is -2.51. The van der Waals surface area contributed by atoms with Crippen molar-refractivity contribution < 1.29 is 14.3 Å². The molecule has 8 heteroatoms. The number of amides is 2. The van der Waals surface area contributed by atoms with Crippen LogP contribution in [0.5, 0.6) is 5.75 Å². The summed E-state index contributed by atoms with van der Waals surface area (Å²) in [6, 6.07) is 10.3. The molecule has 186 valence electrons. The lowest BCUT2D eigenvalue weighted by Gasteiger charge is -2.31. The third-order valence-corrected chi connectivity index (χ3v) is 6.92. The normalized spacial score (nSPS) is 12.9. The number of nitrogens with one attached hydrogen (secondary N) is 1. The monoisotopic (exact) mass is 570 g/mol. The summed E-state index contributed by atoms with van der Waals surface area (Å²) < 4.78 is 6.63. The Bertz CT molecular complexity index is 1000. The smallest absolute Gasteiger partial charge is 0.261 e. The molecule has 0 heterocycles. The van der Waals surface area contributed by atoms with Crippen LogP contribution in [-0.2, 0) is 16.1 Å². The Morgan fingerprint density at radius 2 is 1.76 bits per heavy atom. The van der Waals surface area contributed by atoms with Gasteiger partial charge < -0.3 is 15.0 Å². The van der Waals surface area contributed by atoms with Gasteiger partial charge in [0.1, 0.15) is 11.8 Å². The molecular formula is C26H33BrCl2N2O3. The molecule has 34 heavy (non-hydrogen) atoms. The van der Waals surface area contributed by atoms with Crippen LogP contribution in [0.3, 0.4) is 0 Å². The van der Waals surface area contributed by atoms with Crippen molar-refractivity contribution in [3.8, 4) is 5.75 Å². The second kappa shape index (κ2) is 13.4. The van der Waals surface area contributed by atoms with E-state index in [0.29, 0.717) is 33.7 Å². The number of rotatable bonds is 11. The van der Waals surface area contributed by atoms with Crippen LogP contribution in [0.2, 0.25) is 10.0 Å². The second-order valence-electron chi connectivity index (χ2n) is 8.63. The van der Waals surface area contributed by atoms with Gasteiger partial charge in [-0.2, -0.15) is 0 Å². The second-order valence-corrected chi connectivity index (χ2v) is 10.3. The van der Waals surface area contributed by atoms with E-state index in [0.717, 1.165) is 16.5 Å². The van der Waals surface area contributed by atoms with Crippen LogP contribution in [0, 0.1) is 0 Å². The van der Waals surface area contributed by atoms with Crippen LogP contribution in [-0.4, -0.2) is 35.4 Å². The first-order chi connectivity index (χ1) is 16.1. The maximum Gasteiger partial charge on any atom is 0.261 e. The van der Waals surface area contributed by atoms with Crippen molar-refractivity contribution >= 4 is 50.9 Å². The van der Waals surface area contributed by atoms with E-state index in [1.165, 1.54) is 4.90 Å². The van der Waals surface area contributed by atoms with Crippen LogP contribution >= 0.6 is 39.1 Å². The van der Waals surface area contributed by atoms with Gasteiger partial charge in [-0.15, -0.1) is 0 Å². The topological polar surface area (TPSA) is 58.6 Å². The van der Waals surface area contributed by atoms with Gasteiger partial charge in [0, 0.05) is 22.6 Å². The third-order valence-electron chi connectivity index (χ3n) is 5.72. The zero-order valence-corrected chi connectivity index (χ0v) is 23.4. The number of benzene rings is 2. The molecule has 0 saturated carbocycles. The summed E-state index contributed by atoms with van der Waals surface area (Å²) in [6.07, 6.45) is 1.24. The Labute approximate surface area is 221 Å². The summed E-state index contributed by atoms with van der Waals surface area (Å²) >= 11 is 16.0. The highest BCUT2D eigenvalue weighted by Crippen LogP contribution is 2.29. The van der Waals surface area contributed by atoms with E-state index in [-0.39, 0.29) is 31.0 Å². The molecule has 0 fully saturated rings. The number of ether oxygens (including phenoxy) is 1. The molecule has 1 N–H and O–H groups in total. The summed E-state index contributed by atoms with van der Waals surface area (Å²) in [6.45, 7) is 10.00. The average Bonchev–Trinajstić information content (AvgIpc) is 2.78. The fourth-order valence-electron chi connectivity index (χ4n) is 3.41. The van der Waals surface area contributed by atoms with Gasteiger partial charge in [-0.1, -0.05) is 63.0 Å². The van der Waals surface area contributed by atoms with Gasteiger partial charge in [0.2, 0.25) is 5.91 Å². The van der Waals surface area contributed by atoms with E-state index in [1.807, 2.05) is 39.0 Å². The van der Waals surface area contributed by atoms with Crippen molar-refractivity contribution in [2.24, 2.45) is 0 Å². The Morgan fingerprint density at radius 3 is 2.32 bits per heavy atom. The number of hydrogen-bond donors (Lipinski definition) is 1. The van der Waals surface area contributed by atoms with Gasteiger partial charge in [0.25, 0.3) is 5.91 Å². The molecule has 0 saturated heterocycles. The van der Waals surface area contributed by atoms with Crippen LogP contribution in [0.15, 0.2) is 40.9 Å². The van der Waals surface area contributed by atoms with Gasteiger partial charge in [-0.05, 0) is 77.0 Å². The molecule has 0 spiro atoms. The van der Waals surface area contributed by atoms with E-state index in [1.54, 1.807) is 18.2 Å². The standard InChI is InChI=1S/C26H33BrCl2N2O3/c1-6-17(5)30-26(33)23(7-2)31(14-19-8-10-20(28)13-22(19)29)25(32)15-34-24-11-9-18(16(3)4)12-21(24)27/h8-13,16-17,23H,6-7,14-15H2,1-5H3,(H,30,33)/t17-,23+/m1/s1. The van der Waals surface area contributed by atoms with Crippen molar-refractivity contribution in [3.63, 3.8) is 0 Å². The van der Waals surface area contributed by atoms with E-state index < -0.39 is 6.04 Å². The molecule has 2 aromatic carbocycles. The van der Waals surface area contributed by atoms with E-state index in [2.05, 4.69) is 35.1 Å². The molecule has 0 radical (unpaired) electrons. The quantitative estimate of drug-likeness (QED) is 0.316. The first-order valence-electron chi connectivity index (χ1n) is 11.5. The maximum atomic E-state index is 13.4. The summed E-state index contributed by atoms with van der Waals surface area (Å²) in [4.78, 5) is 28.0. The van der Waals surface area contributed by atoms with Crippen molar-refractivity contribution in [1.82, 2.24) is 10.2 Å². The van der Waals surface area contributed by atoms with Crippen molar-refractivity contribution in [2.45, 2.75) is 72.0 Å². The summed E-state index contributed by atoms with van der Waals surface area (Å²) in [5.74, 6) is 0.440. The molecule has 0 bridgehead atoms. The summed E-state index contributed by atoms with van der Waals surface area (Å²) in [5.41, 5.74) is 1.87. The molecule has 0 unspecified atom stereocenters. The molecule has 2 amide bonds. The maximum absolute atomic E-state index is 13.4. The summed E-state index contributed by atoms with van der Waals surface area (Å²) in [7, 11) is 0. The van der Waals surface area contributed by atoms with Gasteiger partial charge >= 0.3 is 0 Å². The van der Waals surface area contributed by atoms with Crippen LogP contribution in [0.25, 0.3) is 0 Å². The lowest BCUT2D eigenvalue weighted by atomic mass is 10.0. The Kier molecular flexibility index (Phi) is 11.2. The minimum absolute atomic E-state index is 0.00398. The lowest BCUT2D eigenvalue weighted by molar-refractivity contribution is -0.143. The molecule has 2 rings (SSSR count). The van der Waals surface area contributed by atoms with Gasteiger partial charge in [0.15, 0.2) is 6.61 Å². The molecule has 0 aliphatic heterocycles. The number of carbonyl (C=O) groups is 2. The fourth-order valence-corrected chi connectivity index (χ4v) is 4.39. The van der Waals surface area contributed by atoms with E-state index >= 15 is 0 Å². The molecule has 5 nitrogen and oxygen atoms in total. The zero-order chi connectivity index (χ0) is 25.4. The van der Waals surface area contributed by atoms with Gasteiger partial charge in [-0.25, -0.2) is 0 Å². The molecule has 2 atom stereocenters. The highest BCUT2D eigenvalue weighted by molar-refractivity contribution is 9.10. The number of nitrogens with zero attached hydrogens (tertiary/aromatic N) is 1. The Hall–Kier alpha value is -1.76. The molecular weight excluding hydrogens is 539 g/mol. The minimum Gasteiger partial charge on any atom is -0.483 e. The molecule has 2 aromatic rings. The minimum atomic E-state index is -0.663. The van der Waals surface area contributed by atoms with Gasteiger partial charge in [-0.3, -0.25) is 9.59 Å². The van der Waals surface area contributed by atoms with Crippen molar-refractivity contribution in [3.05, 3.63) is 62.0 Å². The average molecular weight is 572 g/mol. The number of carbonyl (C=O) groups excluding carboxylic acids is 2. The van der Waals surface area contributed by atoms with Crippen LogP contribution in [0.4, 0.5) is 0 Å². The van der Waals surface area contributed by atoms with Crippen LogP contribution < -0.4 is 10.1 Å². The first kappa shape index (κ1) is 28.5. The fraction of sp³-hybridized carbons (Fsp3) is 0.462. The van der Waals surface area contributed by atoms with E-state index in [4.69, 9.17) is 27.9 Å². The highest BCUT2D eigenvalue weighted by Gasteiger charge is 2.30. The highest BCUT2D eigenvalue weighted by atomic mass is 79.9. The predicted molar refractivity (Wildman–Crippen MR) is 143 cm³/mol. The summed E-state index contributed by atoms with van der Waals surface area (Å²) in [5, 5.41) is 3.94. The Balaban J connectivity index is 2.28. The molecule has 0 aliphatic carbocycles. The first-order valence-corrected chi connectivity index (χ1v) is 13.1. The SMILES string of the molecule is CC[C@@H](C)NC(=O)[C@H](CC)N(Cc1ccc(Cl)cc1Cl)C(=O)COc1ccc(C(C)C)cc1Br. The zero-order valence-electron chi connectivity index (χ0n) is 20.3. The third kappa shape index (κ3) is 7.89. The number of hydrogen-bond acceptors (Lipinski definition) is 3. The molecule has 0 aromatic heterocycles. The van der Waals surface area contributed by atoms with Gasteiger partial charge in [0.05, 0.1) is 4.47 Å². The largest absolute Gasteiger partial charge is 0.483 e. The predicted octanol–water partition coefficient (Wildman–Crippen LogP) is 6.98. The van der Waals surface area contributed by atoms with Crippen LogP contribution in [0.1, 0.15) is 64.5 Å². The number of halogens is 3.